The maximum absolute atomic E-state index is 15.1. The summed E-state index contributed by atoms with van der Waals surface area (Å²) in [5.41, 5.74) is -3.68. The first-order chi connectivity index (χ1) is 34.4. The largest absolute Gasteiger partial charge is 0.469 e. The molecule has 4 atom stereocenters. The molecule has 0 aliphatic carbocycles. The molecule has 8 bridgehead atoms. The van der Waals surface area contributed by atoms with E-state index in [-0.39, 0.29) is 76.0 Å². The van der Waals surface area contributed by atoms with Crippen LogP contribution in [0.5, 0.6) is 0 Å². The Morgan fingerprint density at radius 3 is 1.68 bits per heavy atom. The second kappa shape index (κ2) is 19.0. The summed E-state index contributed by atoms with van der Waals surface area (Å²) in [6.07, 6.45) is -20.3. The monoisotopic (exact) mass is 1050 g/mol. The van der Waals surface area contributed by atoms with Gasteiger partial charge in [0.05, 0.1) is 64.8 Å². The molecule has 2 amide bonds. The van der Waals surface area contributed by atoms with E-state index in [1.54, 1.807) is 45.9 Å². The first-order valence-electron chi connectivity index (χ1n) is 23.2. The summed E-state index contributed by atoms with van der Waals surface area (Å²) in [5, 5.41) is 0. The number of benzene rings is 2. The highest BCUT2D eigenvalue weighted by atomic mass is 19.4. The number of amides is 2. The fraction of sp³-hybridized carbons (Fsp3) is 0.385. The van der Waals surface area contributed by atoms with Gasteiger partial charge in [0.25, 0.3) is 11.8 Å². The van der Waals surface area contributed by atoms with Gasteiger partial charge in [0.1, 0.15) is 0 Å². The Balaban J connectivity index is 1.40. The molecule has 74 heavy (non-hydrogen) atoms. The van der Waals surface area contributed by atoms with Crippen molar-refractivity contribution in [2.24, 2.45) is 4.99 Å². The van der Waals surface area contributed by atoms with E-state index in [1.807, 2.05) is 13.8 Å². The number of alkyl halides is 12. The highest BCUT2D eigenvalue weighted by molar-refractivity contribution is 6.23. The zero-order valence-corrected chi connectivity index (χ0v) is 40.5. The van der Waals surface area contributed by atoms with Crippen LogP contribution in [0, 0.1) is 13.8 Å². The summed E-state index contributed by atoms with van der Waals surface area (Å²) < 4.78 is 172. The number of esters is 1. The normalized spacial score (nSPS) is 18.6. The van der Waals surface area contributed by atoms with Crippen molar-refractivity contribution in [3.8, 4) is 0 Å². The number of aromatic nitrogens is 4. The molecule has 3 aromatic heterocycles. The van der Waals surface area contributed by atoms with Gasteiger partial charge in [-0.2, -0.15) is 52.7 Å². The molecular weight excluding hydrogens is 1000 g/mol. The number of fused-ring (bicyclic) bond motifs is 8. The molecule has 392 valence electrons. The fourth-order valence-corrected chi connectivity index (χ4v) is 10.2. The molecule has 0 saturated carbocycles. The molecule has 22 heteroatoms. The van der Waals surface area contributed by atoms with E-state index in [9.17, 15) is 62.3 Å². The second-order valence-corrected chi connectivity index (χ2v) is 18.8. The number of carbonyl (C=O) groups is 3. The van der Waals surface area contributed by atoms with Gasteiger partial charge in [-0.3, -0.25) is 34.2 Å². The van der Waals surface area contributed by atoms with Gasteiger partial charge < -0.3 is 14.7 Å². The molecule has 10 nitrogen and oxygen atoms in total. The number of rotatable bonds is 9. The fourth-order valence-electron chi connectivity index (χ4n) is 10.2. The maximum atomic E-state index is 15.1. The van der Waals surface area contributed by atoms with E-state index in [2.05, 4.69) is 15.0 Å². The van der Waals surface area contributed by atoms with E-state index < -0.39 is 95.2 Å². The zero-order chi connectivity index (χ0) is 54.3. The number of nitrogens with one attached hydrogen (secondary N) is 2. The van der Waals surface area contributed by atoms with Crippen LogP contribution in [0.3, 0.4) is 0 Å². The van der Waals surface area contributed by atoms with Gasteiger partial charge >= 0.3 is 30.7 Å². The van der Waals surface area contributed by atoms with Gasteiger partial charge in [-0.1, -0.05) is 20.8 Å². The molecule has 0 spiro atoms. The van der Waals surface area contributed by atoms with Gasteiger partial charge in [0.2, 0.25) is 0 Å². The van der Waals surface area contributed by atoms with Crippen LogP contribution in [-0.2, 0) is 47.3 Å². The number of aromatic amines is 2. The molecule has 6 heterocycles. The third-order valence-corrected chi connectivity index (χ3v) is 14.1. The minimum atomic E-state index is -5.24. The molecule has 5 aromatic rings. The minimum absolute atomic E-state index is 0.00184. The van der Waals surface area contributed by atoms with Crippen LogP contribution < -0.4 is 0 Å². The van der Waals surface area contributed by atoms with Crippen molar-refractivity contribution < 1.29 is 71.8 Å². The van der Waals surface area contributed by atoms with Crippen molar-refractivity contribution in [2.45, 2.75) is 122 Å². The molecule has 8 rings (SSSR count). The van der Waals surface area contributed by atoms with E-state index >= 15 is 4.79 Å². The number of ether oxygens (including phenoxy) is 1. The molecule has 0 saturated heterocycles. The SMILES string of the molecule is CC[C@H]1c2cc3[nH]c4c(c5nc(cc6[nH]c(cc(n2)[C@@H]1C)c(/C(C)=N\Cc1cc(C(F)(F)F)cc(C(F)(F)F)c1)c6C)[C@@H](C)[C@@H]5CCC(=O)OC)C(=O)N(Cc1cc(C(F)(F)F)cc(C(F)(F)F)c1)C(=O)c4c3C. The van der Waals surface area contributed by atoms with Crippen LogP contribution >= 0.6 is 0 Å². The minimum Gasteiger partial charge on any atom is -0.469 e. The number of nitrogens with zero attached hydrogens (tertiary/aromatic N) is 4. The third kappa shape index (κ3) is 10.0. The Morgan fingerprint density at radius 1 is 0.649 bits per heavy atom. The lowest BCUT2D eigenvalue weighted by Gasteiger charge is -2.27. The second-order valence-electron chi connectivity index (χ2n) is 18.8. The van der Waals surface area contributed by atoms with Crippen molar-refractivity contribution >= 4 is 45.6 Å². The summed E-state index contributed by atoms with van der Waals surface area (Å²) in [6, 6.07) is 7.11. The van der Waals surface area contributed by atoms with E-state index in [0.29, 0.717) is 80.3 Å². The van der Waals surface area contributed by atoms with Crippen LogP contribution in [-0.4, -0.2) is 55.4 Å². The number of halogens is 12. The molecule has 2 aromatic carbocycles. The molecule has 3 aliphatic heterocycles. The number of hydrogen-bond acceptors (Lipinski definition) is 7. The van der Waals surface area contributed by atoms with E-state index in [0.717, 1.165) is 0 Å². The average molecular weight is 1050 g/mol. The van der Waals surface area contributed by atoms with Gasteiger partial charge in [-0.05, 0) is 110 Å². The molecule has 0 unspecified atom stereocenters. The molecular formula is C52H46F12N6O4. The molecule has 3 aliphatic rings. The molecule has 2 N–H and O–H groups in total. The zero-order valence-electron chi connectivity index (χ0n) is 40.5. The number of H-pyrrole nitrogens is 2. The number of aliphatic imine (C=N–C) groups is 1. The summed E-state index contributed by atoms with van der Waals surface area (Å²) in [5.74, 6) is -4.73. The standard InChI is InChI=1S/C52H46F12N6O4/c1-8-33-22(2)35-19-40-42(26(6)65-20-27-11-29(49(53,54)55)15-30(12-27)50(56,57)58)24(4)37(67-40)17-36-23(3)34(9-10-41(71)74-7)45(68-36)44-46-43(25(5)38(69-46)18-39(33)66-35)47(72)70(48(44)73)21-28-13-31(51(59,60)61)16-32(14-28)52(62,63)64/h11-19,22-23,33-34,67,69H,8-10,20-21H2,1-7H3/b35-19?,36-17?,37-17?,38-18?,39-18?,40-19?,45-44?,65-26-/t22-,23+,33-,34+/m1/s1. The van der Waals surface area contributed by atoms with Crippen LogP contribution in [0.1, 0.15) is 164 Å². The van der Waals surface area contributed by atoms with Gasteiger partial charge in [0, 0.05) is 75.0 Å². The lowest BCUT2D eigenvalue weighted by Crippen LogP contribution is -2.40. The summed E-state index contributed by atoms with van der Waals surface area (Å²) >= 11 is 0. The third-order valence-electron chi connectivity index (χ3n) is 14.1. The van der Waals surface area contributed by atoms with Gasteiger partial charge in [0.15, 0.2) is 0 Å². The Kier molecular flexibility index (Phi) is 13.7. The lowest BCUT2D eigenvalue weighted by atomic mass is 9.84. The molecule has 0 radical (unpaired) electrons. The van der Waals surface area contributed by atoms with Crippen molar-refractivity contribution in [3.05, 3.63) is 139 Å². The summed E-state index contributed by atoms with van der Waals surface area (Å²) in [6.45, 7) is 8.80. The van der Waals surface area contributed by atoms with Crippen LogP contribution in [0.4, 0.5) is 52.7 Å². The van der Waals surface area contributed by atoms with Crippen molar-refractivity contribution in [1.82, 2.24) is 24.8 Å². The quantitative estimate of drug-likeness (QED) is 0.0654. The smallest absolute Gasteiger partial charge is 0.416 e. The Labute approximate surface area is 414 Å². The van der Waals surface area contributed by atoms with Crippen molar-refractivity contribution in [2.75, 3.05) is 7.11 Å². The number of methoxy groups -OCH3 is 1. The Bertz CT molecular complexity index is 3260. The Morgan fingerprint density at radius 2 is 1.14 bits per heavy atom. The predicted octanol–water partition coefficient (Wildman–Crippen LogP) is 14.0. The van der Waals surface area contributed by atoms with E-state index in [1.165, 1.54) is 7.11 Å². The highest BCUT2D eigenvalue weighted by Crippen LogP contribution is 2.46. The average Bonchev–Trinajstić information content (AvgIpc) is 4.00. The number of aryl methyl sites for hydroxylation is 2. The van der Waals surface area contributed by atoms with Crippen LogP contribution in [0.25, 0.3) is 22.1 Å². The number of carbonyl (C=O) groups excluding carboxylic acids is 3. The topological polar surface area (TPSA) is 133 Å². The lowest BCUT2D eigenvalue weighted by molar-refractivity contribution is -0.144. The summed E-state index contributed by atoms with van der Waals surface area (Å²) in [4.78, 5) is 64.1. The first-order valence-corrected chi connectivity index (χ1v) is 23.2. The first kappa shape index (κ1) is 53.3. The van der Waals surface area contributed by atoms with Crippen LogP contribution in [0.15, 0.2) is 59.6 Å². The molecule has 0 fully saturated rings. The summed E-state index contributed by atoms with van der Waals surface area (Å²) in [7, 11) is 1.17. The van der Waals surface area contributed by atoms with Crippen molar-refractivity contribution in [1.29, 1.82) is 0 Å². The maximum Gasteiger partial charge on any atom is 0.416 e. The number of imide groups is 1. The van der Waals surface area contributed by atoms with Crippen LogP contribution in [0.2, 0.25) is 0 Å². The predicted molar refractivity (Wildman–Crippen MR) is 247 cm³/mol. The Hall–Kier alpha value is -7.00. The van der Waals surface area contributed by atoms with Gasteiger partial charge in [-0.25, -0.2) is 0 Å². The number of hydrogen-bond donors (Lipinski definition) is 2. The van der Waals surface area contributed by atoms with E-state index in [4.69, 9.17) is 14.7 Å². The highest BCUT2D eigenvalue weighted by Gasteiger charge is 2.43. The van der Waals surface area contributed by atoms with Gasteiger partial charge in [-0.15, -0.1) is 0 Å². The van der Waals surface area contributed by atoms with Crippen molar-refractivity contribution in [3.63, 3.8) is 0 Å².